The molecule has 16 heavy (non-hydrogen) atoms. The molecule has 0 aliphatic rings. The number of carbonyl (C=O) groups excluding carboxylic acids is 2. The highest BCUT2D eigenvalue weighted by Gasteiger charge is 2.22. The van der Waals surface area contributed by atoms with E-state index in [0.29, 0.717) is 0 Å². The minimum atomic E-state index is -0.848. The zero-order valence-electron chi connectivity index (χ0n) is 8.67. The fraction of sp³-hybridized carbons (Fsp3) is 0.375. The number of ether oxygens (including phenoxy) is 1. The smallest absolute Gasteiger partial charge is 0.319 e. The first-order chi connectivity index (χ1) is 7.41. The van der Waals surface area contributed by atoms with E-state index in [1.165, 1.54) is 11.7 Å². The number of aryl methyl sites for hydroxylation is 1. The van der Waals surface area contributed by atoms with Crippen molar-refractivity contribution in [2.24, 2.45) is 7.05 Å². The van der Waals surface area contributed by atoms with Crippen molar-refractivity contribution in [1.29, 1.82) is 0 Å². The number of rotatable bonds is 3. The highest BCUT2D eigenvalue weighted by molar-refractivity contribution is 5.85. The van der Waals surface area contributed by atoms with Crippen LogP contribution in [0.5, 0.6) is 0 Å². The zero-order chi connectivity index (χ0) is 12.3. The molecule has 0 amide bonds. The molecule has 0 atom stereocenters. The molecule has 0 aliphatic heterocycles. The summed E-state index contributed by atoms with van der Waals surface area (Å²) in [6.07, 6.45) is 0.669. The maximum absolute atomic E-state index is 11.1. The van der Waals surface area contributed by atoms with Crippen LogP contribution >= 0.6 is 0 Å². The maximum atomic E-state index is 11.1. The maximum Gasteiger partial charge on any atom is 0.319 e. The number of esters is 2. The highest BCUT2D eigenvalue weighted by Crippen LogP contribution is 2.17. The summed E-state index contributed by atoms with van der Waals surface area (Å²) < 4.78 is 5.47. The molecule has 1 rings (SSSR count). The van der Waals surface area contributed by atoms with E-state index in [2.05, 4.69) is 9.84 Å². The molecule has 0 aliphatic carbocycles. The Labute approximate surface area is 90.0 Å². The van der Waals surface area contributed by atoms with Crippen LogP contribution in [0.4, 0.5) is 5.69 Å². The van der Waals surface area contributed by atoms with Crippen molar-refractivity contribution >= 4 is 17.6 Å². The Morgan fingerprint density at radius 2 is 2.25 bits per heavy atom. The molecular weight excluding hydrogens is 218 g/mol. The van der Waals surface area contributed by atoms with Crippen molar-refractivity contribution in [2.45, 2.75) is 13.3 Å². The molecule has 0 aromatic carbocycles. The minimum Gasteiger partial charge on any atom is -0.393 e. The van der Waals surface area contributed by atoms with Gasteiger partial charge in [0.15, 0.2) is 0 Å². The number of aromatic nitrogens is 2. The molecule has 0 spiro atoms. The summed E-state index contributed by atoms with van der Waals surface area (Å²) in [5.74, 6) is -1.60. The van der Waals surface area contributed by atoms with Gasteiger partial charge >= 0.3 is 17.6 Å². The number of hydrogen-bond acceptors (Lipinski definition) is 6. The molecule has 0 saturated heterocycles. The molecule has 0 saturated carbocycles. The number of nitro groups is 1. The molecule has 0 unspecified atom stereocenters. The van der Waals surface area contributed by atoms with Crippen molar-refractivity contribution in [3.05, 3.63) is 22.0 Å². The molecular formula is C8H9N3O5. The standard InChI is InChI=1S/C8H9N3O5/c1-5(12)16-8(13)3-6-7(11(14)15)4-9-10(6)2/h4H,3H2,1-2H3. The quantitative estimate of drug-likeness (QED) is 0.310. The SMILES string of the molecule is CC(=O)OC(=O)Cc1c([N+](=O)[O-])cnn1C. The normalized spacial score (nSPS) is 9.88. The van der Waals surface area contributed by atoms with E-state index in [1.807, 2.05) is 0 Å². The van der Waals surface area contributed by atoms with Gasteiger partial charge in [-0.2, -0.15) is 5.10 Å². The zero-order valence-corrected chi connectivity index (χ0v) is 8.67. The van der Waals surface area contributed by atoms with Crippen molar-refractivity contribution < 1.29 is 19.2 Å². The lowest BCUT2D eigenvalue weighted by Gasteiger charge is -2.00. The van der Waals surface area contributed by atoms with Crippen LogP contribution in [0.1, 0.15) is 12.6 Å². The van der Waals surface area contributed by atoms with Crippen LogP contribution in [0.2, 0.25) is 0 Å². The van der Waals surface area contributed by atoms with Crippen LogP contribution in [0.15, 0.2) is 6.20 Å². The van der Waals surface area contributed by atoms with Crippen molar-refractivity contribution in [1.82, 2.24) is 9.78 Å². The second kappa shape index (κ2) is 4.51. The number of carbonyl (C=O) groups is 2. The van der Waals surface area contributed by atoms with Gasteiger partial charge in [0.25, 0.3) is 0 Å². The van der Waals surface area contributed by atoms with E-state index in [-0.39, 0.29) is 17.8 Å². The van der Waals surface area contributed by atoms with Gasteiger partial charge in [0.05, 0.1) is 11.3 Å². The number of hydrogen-bond donors (Lipinski definition) is 0. The molecule has 86 valence electrons. The van der Waals surface area contributed by atoms with E-state index in [9.17, 15) is 19.7 Å². The van der Waals surface area contributed by atoms with Gasteiger partial charge in [0.1, 0.15) is 11.9 Å². The van der Waals surface area contributed by atoms with Gasteiger partial charge in [-0.05, 0) is 0 Å². The molecule has 1 aromatic heterocycles. The van der Waals surface area contributed by atoms with Crippen LogP contribution in [-0.4, -0.2) is 26.6 Å². The average Bonchev–Trinajstić information content (AvgIpc) is 2.46. The lowest BCUT2D eigenvalue weighted by molar-refractivity contribution is -0.385. The largest absolute Gasteiger partial charge is 0.393 e. The van der Waals surface area contributed by atoms with Crippen LogP contribution in [0.3, 0.4) is 0 Å². The summed E-state index contributed by atoms with van der Waals surface area (Å²) in [7, 11) is 1.46. The topological polar surface area (TPSA) is 104 Å². The van der Waals surface area contributed by atoms with E-state index < -0.39 is 16.9 Å². The fourth-order valence-electron chi connectivity index (χ4n) is 1.14. The Hall–Kier alpha value is -2.25. The van der Waals surface area contributed by atoms with Gasteiger partial charge in [0, 0.05) is 14.0 Å². The summed E-state index contributed by atoms with van der Waals surface area (Å²) in [4.78, 5) is 31.6. The third kappa shape index (κ3) is 2.62. The van der Waals surface area contributed by atoms with Crippen LogP contribution in [0.25, 0.3) is 0 Å². The Morgan fingerprint density at radius 3 is 2.75 bits per heavy atom. The summed E-state index contributed by atoms with van der Waals surface area (Å²) in [5, 5.41) is 14.2. The third-order valence-corrected chi connectivity index (χ3v) is 1.81. The molecule has 0 bridgehead atoms. The Kier molecular flexibility index (Phi) is 3.33. The van der Waals surface area contributed by atoms with Gasteiger partial charge in [-0.25, -0.2) is 0 Å². The predicted molar refractivity (Wildman–Crippen MR) is 50.3 cm³/mol. The molecule has 1 aromatic rings. The van der Waals surface area contributed by atoms with E-state index in [1.54, 1.807) is 0 Å². The highest BCUT2D eigenvalue weighted by atomic mass is 16.6. The van der Waals surface area contributed by atoms with Crippen LogP contribution in [0, 0.1) is 10.1 Å². The Bertz CT molecular complexity index is 451. The first-order valence-corrected chi connectivity index (χ1v) is 4.28. The van der Waals surface area contributed by atoms with E-state index in [4.69, 9.17) is 0 Å². The molecule has 0 radical (unpaired) electrons. The average molecular weight is 227 g/mol. The van der Waals surface area contributed by atoms with Crippen molar-refractivity contribution in [3.63, 3.8) is 0 Å². The Balaban J connectivity index is 2.88. The number of nitrogens with zero attached hydrogens (tertiary/aromatic N) is 3. The first kappa shape index (κ1) is 11.8. The lowest BCUT2D eigenvalue weighted by atomic mass is 10.3. The van der Waals surface area contributed by atoms with Crippen LogP contribution < -0.4 is 0 Å². The van der Waals surface area contributed by atoms with Crippen molar-refractivity contribution in [3.8, 4) is 0 Å². The van der Waals surface area contributed by atoms with Crippen LogP contribution in [-0.2, 0) is 27.8 Å². The van der Waals surface area contributed by atoms with E-state index >= 15 is 0 Å². The molecule has 8 nitrogen and oxygen atoms in total. The first-order valence-electron chi connectivity index (χ1n) is 4.28. The summed E-state index contributed by atoms with van der Waals surface area (Å²) in [6.45, 7) is 1.08. The molecule has 1 heterocycles. The fourth-order valence-corrected chi connectivity index (χ4v) is 1.14. The van der Waals surface area contributed by atoms with E-state index in [0.717, 1.165) is 13.1 Å². The minimum absolute atomic E-state index is 0.0938. The summed E-state index contributed by atoms with van der Waals surface area (Å²) >= 11 is 0. The second-order valence-corrected chi connectivity index (χ2v) is 3.00. The predicted octanol–water partition coefficient (Wildman–Crippen LogP) is -0.0395. The monoisotopic (exact) mass is 227 g/mol. The summed E-state index contributed by atoms with van der Waals surface area (Å²) in [5.41, 5.74) is -0.181. The van der Waals surface area contributed by atoms with Gasteiger partial charge in [-0.1, -0.05) is 0 Å². The summed E-state index contributed by atoms with van der Waals surface area (Å²) in [6, 6.07) is 0. The van der Waals surface area contributed by atoms with Gasteiger partial charge in [-0.15, -0.1) is 0 Å². The molecule has 0 N–H and O–H groups in total. The Morgan fingerprint density at radius 1 is 1.62 bits per heavy atom. The van der Waals surface area contributed by atoms with Gasteiger partial charge in [-0.3, -0.25) is 24.4 Å². The van der Waals surface area contributed by atoms with Gasteiger partial charge in [0.2, 0.25) is 0 Å². The lowest BCUT2D eigenvalue weighted by Crippen LogP contribution is -2.14. The molecule has 8 heteroatoms. The van der Waals surface area contributed by atoms with Crippen molar-refractivity contribution in [2.75, 3.05) is 0 Å². The third-order valence-electron chi connectivity index (χ3n) is 1.81. The second-order valence-electron chi connectivity index (χ2n) is 3.00. The van der Waals surface area contributed by atoms with Gasteiger partial charge < -0.3 is 4.74 Å². The molecule has 0 fully saturated rings.